The third-order valence-corrected chi connectivity index (χ3v) is 1.83. The summed E-state index contributed by atoms with van der Waals surface area (Å²) in [5, 5.41) is 0. The highest BCUT2D eigenvalue weighted by molar-refractivity contribution is 5.73. The van der Waals surface area contributed by atoms with Gasteiger partial charge in [0.2, 0.25) is 0 Å². The summed E-state index contributed by atoms with van der Waals surface area (Å²) < 4.78 is 0. The number of benzene rings is 1. The minimum Gasteiger partial charge on any atom is -0.383 e. The van der Waals surface area contributed by atoms with Crippen LogP contribution in [0.5, 0.6) is 0 Å². The molecule has 14 heavy (non-hydrogen) atoms. The zero-order valence-corrected chi connectivity index (χ0v) is 8.60. The number of aldehydes is 1. The van der Waals surface area contributed by atoms with Gasteiger partial charge in [0.15, 0.2) is 0 Å². The van der Waals surface area contributed by atoms with Crippen LogP contribution in [-0.2, 0) is 11.2 Å². The molecule has 74 valence electrons. The average Bonchev–Trinajstić information content (AvgIpc) is 2.17. The van der Waals surface area contributed by atoms with Gasteiger partial charge < -0.3 is 4.90 Å². The lowest BCUT2D eigenvalue weighted by molar-refractivity contribution is -0.105. The Hall–Kier alpha value is -1.57. The van der Waals surface area contributed by atoms with Gasteiger partial charge in [0.25, 0.3) is 0 Å². The van der Waals surface area contributed by atoms with Crippen LogP contribution >= 0.6 is 0 Å². The van der Waals surface area contributed by atoms with Gasteiger partial charge >= 0.3 is 0 Å². The van der Waals surface area contributed by atoms with Crippen LogP contribution in [0.2, 0.25) is 0 Å². The second-order valence-corrected chi connectivity index (χ2v) is 3.45. The first kappa shape index (κ1) is 10.5. The smallest absolute Gasteiger partial charge is 0.147 e. The fourth-order valence-corrected chi connectivity index (χ4v) is 1.28. The summed E-state index contributed by atoms with van der Waals surface area (Å²) in [7, 11) is 3.82. The number of carbonyl (C=O) groups excluding carboxylic acids is 1. The summed E-state index contributed by atoms with van der Waals surface area (Å²) >= 11 is 0. The highest BCUT2D eigenvalue weighted by atomic mass is 16.1. The molecule has 0 saturated heterocycles. The fourth-order valence-electron chi connectivity index (χ4n) is 1.28. The molecule has 0 amide bonds. The third kappa shape index (κ3) is 3.44. The molecule has 0 fully saturated rings. The van der Waals surface area contributed by atoms with Gasteiger partial charge in [-0.25, -0.2) is 0 Å². The van der Waals surface area contributed by atoms with E-state index in [2.05, 4.69) is 0 Å². The quantitative estimate of drug-likeness (QED) is 0.532. The predicted octanol–water partition coefficient (Wildman–Crippen LogP) is 1.87. The van der Waals surface area contributed by atoms with Crippen molar-refractivity contribution in [1.82, 2.24) is 4.90 Å². The maximum Gasteiger partial charge on any atom is 0.147 e. The lowest BCUT2D eigenvalue weighted by Crippen LogP contribution is -2.05. The van der Waals surface area contributed by atoms with Crippen molar-refractivity contribution in [3.05, 3.63) is 47.7 Å². The highest BCUT2D eigenvalue weighted by Gasteiger charge is 1.97. The number of hydrogen-bond donors (Lipinski definition) is 0. The molecule has 2 heteroatoms. The van der Waals surface area contributed by atoms with E-state index in [1.54, 1.807) is 0 Å². The van der Waals surface area contributed by atoms with E-state index in [9.17, 15) is 4.79 Å². The third-order valence-electron chi connectivity index (χ3n) is 1.83. The van der Waals surface area contributed by atoms with Crippen molar-refractivity contribution in [2.24, 2.45) is 0 Å². The average molecular weight is 189 g/mol. The molecule has 0 radical (unpaired) electrons. The minimum atomic E-state index is 0.697. The van der Waals surface area contributed by atoms with Crippen LogP contribution in [0, 0.1) is 0 Å². The van der Waals surface area contributed by atoms with Crippen LogP contribution < -0.4 is 0 Å². The number of hydrogen-bond acceptors (Lipinski definition) is 2. The Morgan fingerprint density at radius 1 is 1.29 bits per heavy atom. The lowest BCUT2D eigenvalue weighted by atomic mass is 10.1. The van der Waals surface area contributed by atoms with E-state index in [4.69, 9.17) is 0 Å². The molecule has 0 atom stereocenters. The summed E-state index contributed by atoms with van der Waals surface area (Å²) in [5.41, 5.74) is 1.95. The molecule has 0 spiro atoms. The Kier molecular flexibility index (Phi) is 3.92. The maximum absolute atomic E-state index is 10.7. The van der Waals surface area contributed by atoms with Crippen LogP contribution in [0.3, 0.4) is 0 Å². The normalized spacial score (nSPS) is 11.1. The molecule has 0 unspecified atom stereocenters. The lowest BCUT2D eigenvalue weighted by Gasteiger charge is -2.07. The van der Waals surface area contributed by atoms with E-state index in [1.165, 1.54) is 0 Å². The first-order valence-corrected chi connectivity index (χ1v) is 4.58. The zero-order valence-electron chi connectivity index (χ0n) is 8.60. The van der Waals surface area contributed by atoms with Crippen molar-refractivity contribution < 1.29 is 4.79 Å². The molecule has 0 aliphatic carbocycles. The summed E-state index contributed by atoms with van der Waals surface area (Å²) in [6.07, 6.45) is 3.45. The number of rotatable bonds is 4. The molecule has 0 saturated carbocycles. The summed E-state index contributed by atoms with van der Waals surface area (Å²) in [6.45, 7) is 0. The van der Waals surface area contributed by atoms with Gasteiger partial charge in [0, 0.05) is 32.3 Å². The Bertz CT molecular complexity index is 314. The van der Waals surface area contributed by atoms with E-state index in [-0.39, 0.29) is 0 Å². The standard InChI is InChI=1S/C12H15NO/c1-13(2)9-12(10-14)8-11-6-4-3-5-7-11/h3-7,9-10H,8H2,1-2H3/b12-9-. The molecule has 1 aromatic rings. The van der Waals surface area contributed by atoms with Gasteiger partial charge in [-0.1, -0.05) is 30.3 Å². The Balaban J connectivity index is 2.71. The molecule has 0 bridgehead atoms. The van der Waals surface area contributed by atoms with E-state index in [1.807, 2.05) is 55.5 Å². The van der Waals surface area contributed by atoms with E-state index < -0.39 is 0 Å². The van der Waals surface area contributed by atoms with Crippen molar-refractivity contribution in [2.45, 2.75) is 6.42 Å². The number of nitrogens with zero attached hydrogens (tertiary/aromatic N) is 1. The van der Waals surface area contributed by atoms with Gasteiger partial charge in [-0.2, -0.15) is 0 Å². The Labute approximate surface area is 84.9 Å². The van der Waals surface area contributed by atoms with Crippen LogP contribution in [0.4, 0.5) is 0 Å². The SMILES string of the molecule is CN(C)/C=C(\C=O)Cc1ccccc1. The molecule has 0 aromatic heterocycles. The van der Waals surface area contributed by atoms with Gasteiger partial charge in [0.1, 0.15) is 6.29 Å². The van der Waals surface area contributed by atoms with E-state index in [0.717, 1.165) is 17.4 Å². The Morgan fingerprint density at radius 3 is 2.43 bits per heavy atom. The van der Waals surface area contributed by atoms with Gasteiger partial charge in [0.05, 0.1) is 0 Å². The van der Waals surface area contributed by atoms with Crippen LogP contribution in [0.1, 0.15) is 5.56 Å². The fraction of sp³-hybridized carbons (Fsp3) is 0.250. The molecule has 0 heterocycles. The molecule has 1 rings (SSSR count). The first-order valence-electron chi connectivity index (χ1n) is 4.58. The van der Waals surface area contributed by atoms with E-state index in [0.29, 0.717) is 6.42 Å². The van der Waals surface area contributed by atoms with Crippen molar-refractivity contribution in [2.75, 3.05) is 14.1 Å². The predicted molar refractivity (Wildman–Crippen MR) is 58.0 cm³/mol. The van der Waals surface area contributed by atoms with Crippen molar-refractivity contribution >= 4 is 6.29 Å². The highest BCUT2D eigenvalue weighted by Crippen LogP contribution is 2.06. The molecule has 0 aliphatic rings. The Morgan fingerprint density at radius 2 is 1.93 bits per heavy atom. The number of allylic oxidation sites excluding steroid dienone is 1. The second-order valence-electron chi connectivity index (χ2n) is 3.45. The monoisotopic (exact) mass is 189 g/mol. The molecule has 0 N–H and O–H groups in total. The molecular weight excluding hydrogens is 174 g/mol. The summed E-state index contributed by atoms with van der Waals surface area (Å²) in [5.74, 6) is 0. The summed E-state index contributed by atoms with van der Waals surface area (Å²) in [6, 6.07) is 9.97. The molecular formula is C12H15NO. The molecule has 2 nitrogen and oxygen atoms in total. The topological polar surface area (TPSA) is 20.3 Å². The van der Waals surface area contributed by atoms with Crippen LogP contribution in [-0.4, -0.2) is 25.3 Å². The second kappa shape index (κ2) is 5.22. The first-order chi connectivity index (χ1) is 6.72. The van der Waals surface area contributed by atoms with Crippen molar-refractivity contribution in [3.63, 3.8) is 0 Å². The molecule has 0 aliphatic heterocycles. The van der Waals surface area contributed by atoms with Crippen LogP contribution in [0.25, 0.3) is 0 Å². The minimum absolute atomic E-state index is 0.697. The molecule has 1 aromatic carbocycles. The van der Waals surface area contributed by atoms with Gasteiger partial charge in [-0.15, -0.1) is 0 Å². The largest absolute Gasteiger partial charge is 0.383 e. The number of carbonyl (C=O) groups is 1. The zero-order chi connectivity index (χ0) is 10.4. The van der Waals surface area contributed by atoms with Gasteiger partial charge in [-0.05, 0) is 5.56 Å². The van der Waals surface area contributed by atoms with Crippen molar-refractivity contribution in [1.29, 1.82) is 0 Å². The van der Waals surface area contributed by atoms with E-state index >= 15 is 0 Å². The van der Waals surface area contributed by atoms with Crippen molar-refractivity contribution in [3.8, 4) is 0 Å². The van der Waals surface area contributed by atoms with Gasteiger partial charge in [-0.3, -0.25) is 4.79 Å². The summed E-state index contributed by atoms with van der Waals surface area (Å²) in [4.78, 5) is 12.6. The van der Waals surface area contributed by atoms with Crippen LogP contribution in [0.15, 0.2) is 42.1 Å². The maximum atomic E-state index is 10.7.